The molecule has 0 heterocycles. The van der Waals surface area contributed by atoms with Gasteiger partial charge in [0.15, 0.2) is 0 Å². The molecule has 0 spiro atoms. The number of carbonyl (C=O) groups is 1. The highest BCUT2D eigenvalue weighted by atomic mass is 35.5. The van der Waals surface area contributed by atoms with Crippen LogP contribution in [-0.4, -0.2) is 12.6 Å². The monoisotopic (exact) mass is 353 g/mol. The fraction of sp³-hybridized carbons (Fsp3) is 0.235. The fourth-order valence-electron chi connectivity index (χ4n) is 2.24. The maximum atomic E-state index is 10.7. The van der Waals surface area contributed by atoms with Crippen molar-refractivity contribution in [3.63, 3.8) is 0 Å². The van der Waals surface area contributed by atoms with Gasteiger partial charge in [-0.25, -0.2) is 0 Å². The molecule has 0 aliphatic rings. The minimum absolute atomic E-state index is 0.175. The normalized spacial score (nSPS) is 10.6. The molecule has 0 radical (unpaired) electrons. The largest absolute Gasteiger partial charge is 0.545 e. The minimum Gasteiger partial charge on any atom is -0.545 e. The van der Waals surface area contributed by atoms with Gasteiger partial charge in [0.05, 0.1) is 23.2 Å². The highest BCUT2D eigenvalue weighted by Crippen LogP contribution is 2.32. The van der Waals surface area contributed by atoms with Gasteiger partial charge in [-0.05, 0) is 24.6 Å². The molecule has 0 aliphatic heterocycles. The average molecular weight is 354 g/mol. The van der Waals surface area contributed by atoms with Gasteiger partial charge < -0.3 is 20.0 Å². The molecular formula is C17H17Cl2NO3. The van der Waals surface area contributed by atoms with Crippen LogP contribution in [0.15, 0.2) is 36.4 Å². The summed E-state index contributed by atoms with van der Waals surface area (Å²) in [5, 5.41) is 13.9. The van der Waals surface area contributed by atoms with E-state index >= 15 is 0 Å². The zero-order valence-corrected chi connectivity index (χ0v) is 14.2. The lowest BCUT2D eigenvalue weighted by Crippen LogP contribution is -2.80. The number of nitrogens with two attached hydrogens (primary N) is 1. The molecule has 0 aromatic heterocycles. The van der Waals surface area contributed by atoms with Crippen molar-refractivity contribution in [3.05, 3.63) is 63.1 Å². The van der Waals surface area contributed by atoms with Gasteiger partial charge >= 0.3 is 0 Å². The predicted octanol–water partition coefficient (Wildman–Crippen LogP) is 2.02. The summed E-state index contributed by atoms with van der Waals surface area (Å²) in [5.74, 6) is -0.516. The number of carbonyl (C=O) groups excluding carboxylic acids is 1. The molecule has 0 fully saturated rings. The predicted molar refractivity (Wildman–Crippen MR) is 87.7 cm³/mol. The summed E-state index contributed by atoms with van der Waals surface area (Å²) < 4.78 is 5.58. The van der Waals surface area contributed by atoms with Gasteiger partial charge in [0.1, 0.15) is 18.8 Å². The lowest BCUT2D eigenvalue weighted by Gasteiger charge is -2.12. The van der Waals surface area contributed by atoms with Gasteiger partial charge in [0.25, 0.3) is 0 Å². The van der Waals surface area contributed by atoms with Crippen LogP contribution in [-0.2, 0) is 13.1 Å². The Morgan fingerprint density at radius 2 is 1.87 bits per heavy atom. The number of aromatic carboxylic acids is 1. The van der Waals surface area contributed by atoms with E-state index in [2.05, 4.69) is 5.32 Å². The molecule has 0 unspecified atom stereocenters. The molecule has 122 valence electrons. The van der Waals surface area contributed by atoms with E-state index in [9.17, 15) is 9.90 Å². The molecule has 6 heteroatoms. The maximum absolute atomic E-state index is 10.7. The van der Waals surface area contributed by atoms with E-state index in [1.54, 1.807) is 30.3 Å². The molecule has 2 rings (SSSR count). The van der Waals surface area contributed by atoms with Crippen LogP contribution in [0.3, 0.4) is 0 Å². The van der Waals surface area contributed by atoms with Crippen LogP contribution < -0.4 is 15.2 Å². The summed E-state index contributed by atoms with van der Waals surface area (Å²) in [4.78, 5) is 10.7. The first-order valence-electron chi connectivity index (χ1n) is 7.24. The maximum Gasteiger partial charge on any atom is 0.146 e. The molecule has 0 amide bonds. The molecule has 4 nitrogen and oxygen atoms in total. The van der Waals surface area contributed by atoms with Crippen LogP contribution in [0.4, 0.5) is 0 Å². The zero-order chi connectivity index (χ0) is 16.8. The number of ether oxygens (including phenoxy) is 1. The van der Waals surface area contributed by atoms with Gasteiger partial charge in [-0.15, -0.1) is 0 Å². The van der Waals surface area contributed by atoms with Crippen molar-refractivity contribution < 1.29 is 20.0 Å². The number of carboxylic acids is 1. The van der Waals surface area contributed by atoms with E-state index in [4.69, 9.17) is 27.9 Å². The third-order valence-corrected chi connectivity index (χ3v) is 3.81. The van der Waals surface area contributed by atoms with Gasteiger partial charge in [-0.3, -0.25) is 0 Å². The minimum atomic E-state index is -1.17. The molecular weight excluding hydrogens is 337 g/mol. The van der Waals surface area contributed by atoms with Crippen molar-refractivity contribution in [2.45, 2.75) is 20.0 Å². The van der Waals surface area contributed by atoms with E-state index in [0.717, 1.165) is 11.1 Å². The van der Waals surface area contributed by atoms with Gasteiger partial charge in [0, 0.05) is 10.6 Å². The molecule has 0 saturated heterocycles. The summed E-state index contributed by atoms with van der Waals surface area (Å²) in [6.07, 6.45) is 0. The second kappa shape index (κ2) is 8.20. The summed E-state index contributed by atoms with van der Waals surface area (Å²) >= 11 is 12.2. The highest BCUT2D eigenvalue weighted by molar-refractivity contribution is 6.35. The van der Waals surface area contributed by atoms with Crippen molar-refractivity contribution in [1.82, 2.24) is 0 Å². The van der Waals surface area contributed by atoms with Crippen LogP contribution in [0.25, 0.3) is 0 Å². The number of benzene rings is 2. The topological polar surface area (TPSA) is 66.0 Å². The third kappa shape index (κ3) is 4.86. The Kier molecular flexibility index (Phi) is 6.28. The number of rotatable bonds is 7. The van der Waals surface area contributed by atoms with Crippen LogP contribution in [0.5, 0.6) is 5.75 Å². The van der Waals surface area contributed by atoms with Crippen LogP contribution in [0.2, 0.25) is 10.0 Å². The van der Waals surface area contributed by atoms with Crippen molar-refractivity contribution in [2.75, 3.05) is 6.61 Å². The van der Waals surface area contributed by atoms with Crippen LogP contribution in [0.1, 0.15) is 28.4 Å². The zero-order valence-electron chi connectivity index (χ0n) is 12.6. The number of hydrogen-bond acceptors (Lipinski definition) is 3. The molecule has 2 aromatic rings. The van der Waals surface area contributed by atoms with Crippen molar-refractivity contribution >= 4 is 29.2 Å². The standard InChI is InChI=1S/C17H17Cl2NO3/c1-2-23-16-13(7-14(18)8-15(16)19)10-20-9-11-3-5-12(6-4-11)17(21)22/h3-8,20H,2,9-10H2,1H3,(H,21,22). The summed E-state index contributed by atoms with van der Waals surface area (Å²) in [7, 11) is 0. The molecule has 0 saturated carbocycles. The molecule has 2 N–H and O–H groups in total. The Hall–Kier alpha value is -1.75. The Morgan fingerprint density at radius 1 is 1.17 bits per heavy atom. The quantitative estimate of drug-likeness (QED) is 0.827. The third-order valence-electron chi connectivity index (χ3n) is 3.31. The SMILES string of the molecule is CCOc1c(Cl)cc(Cl)cc1C[NH2+]Cc1ccc(C(=O)[O-])cc1. The van der Waals surface area contributed by atoms with Crippen molar-refractivity contribution in [1.29, 1.82) is 0 Å². The Labute approximate surface area is 145 Å². The number of carboxylic acid groups (broad SMARTS) is 1. The van der Waals surface area contributed by atoms with Crippen molar-refractivity contribution in [2.24, 2.45) is 0 Å². The van der Waals surface area contributed by atoms with E-state index in [-0.39, 0.29) is 5.56 Å². The highest BCUT2D eigenvalue weighted by Gasteiger charge is 2.12. The Bertz CT molecular complexity index is 687. The number of halogens is 2. The summed E-state index contributed by atoms with van der Waals surface area (Å²) in [6, 6.07) is 10.1. The molecule has 0 atom stereocenters. The molecule has 23 heavy (non-hydrogen) atoms. The van der Waals surface area contributed by atoms with E-state index in [1.807, 2.05) is 13.0 Å². The van der Waals surface area contributed by atoms with E-state index in [0.29, 0.717) is 35.5 Å². The van der Waals surface area contributed by atoms with E-state index in [1.165, 1.54) is 0 Å². The second-order valence-electron chi connectivity index (χ2n) is 4.99. The van der Waals surface area contributed by atoms with Crippen LogP contribution >= 0.6 is 23.2 Å². The molecule has 2 aromatic carbocycles. The second-order valence-corrected chi connectivity index (χ2v) is 5.83. The summed E-state index contributed by atoms with van der Waals surface area (Å²) in [5.41, 5.74) is 2.12. The van der Waals surface area contributed by atoms with E-state index < -0.39 is 5.97 Å². The first kappa shape index (κ1) is 17.6. The smallest absolute Gasteiger partial charge is 0.146 e. The van der Waals surface area contributed by atoms with Gasteiger partial charge in [0.2, 0.25) is 0 Å². The first-order chi connectivity index (χ1) is 11.0. The van der Waals surface area contributed by atoms with Gasteiger partial charge in [-0.1, -0.05) is 47.5 Å². The molecule has 0 aliphatic carbocycles. The number of quaternary nitrogens is 1. The number of hydrogen-bond donors (Lipinski definition) is 1. The van der Waals surface area contributed by atoms with Crippen molar-refractivity contribution in [3.8, 4) is 5.75 Å². The lowest BCUT2D eigenvalue weighted by molar-refractivity contribution is -0.686. The fourth-order valence-corrected chi connectivity index (χ4v) is 2.83. The first-order valence-corrected chi connectivity index (χ1v) is 7.99. The van der Waals surface area contributed by atoms with Crippen LogP contribution in [0, 0.1) is 0 Å². The Balaban J connectivity index is 2.02. The molecule has 0 bridgehead atoms. The summed E-state index contributed by atoms with van der Waals surface area (Å²) in [6.45, 7) is 3.78. The Morgan fingerprint density at radius 3 is 2.48 bits per heavy atom. The lowest BCUT2D eigenvalue weighted by atomic mass is 10.1. The average Bonchev–Trinajstić information content (AvgIpc) is 2.51. The van der Waals surface area contributed by atoms with Gasteiger partial charge in [-0.2, -0.15) is 0 Å².